The van der Waals surface area contributed by atoms with E-state index in [9.17, 15) is 19.4 Å². The van der Waals surface area contributed by atoms with Crippen LogP contribution >= 0.6 is 7.82 Å². The number of nitrogens with zero attached hydrogens (tertiary/aromatic N) is 1. The fourth-order valence-corrected chi connectivity index (χ4v) is 5.83. The number of likely N-dealkylation sites (N-methyl/N-ethyl adjacent to an activating group) is 1. The van der Waals surface area contributed by atoms with E-state index in [0.717, 1.165) is 19.3 Å². The average molecular weight is 660 g/mol. The number of unbranched alkanes of at least 4 members (excludes halogenated alkanes) is 19. The lowest BCUT2D eigenvalue weighted by Crippen LogP contribution is -2.44. The summed E-state index contributed by atoms with van der Waals surface area (Å²) in [5, 5.41) is 13.1. The molecule has 0 rings (SSSR count). The number of allylic oxidation sites excluding steroid dienone is 3. The molecule has 3 atom stereocenters. The first-order valence-corrected chi connectivity index (χ1v) is 19.7. The van der Waals surface area contributed by atoms with Gasteiger partial charge in [0.15, 0.2) is 0 Å². The Balaban J connectivity index is 3.82. The molecule has 0 aromatic rings. The van der Waals surface area contributed by atoms with Crippen LogP contribution in [0.1, 0.15) is 149 Å². The van der Waals surface area contributed by atoms with Crippen LogP contribution in [0.25, 0.3) is 0 Å². The molecule has 0 aromatic heterocycles. The van der Waals surface area contributed by atoms with Crippen LogP contribution < -0.4 is 5.32 Å². The summed E-state index contributed by atoms with van der Waals surface area (Å²) in [6.07, 6.45) is 34.6. The van der Waals surface area contributed by atoms with Gasteiger partial charge in [0.25, 0.3) is 0 Å². The number of carbonyl (C=O) groups is 1. The Bertz CT molecular complexity index is 799. The molecule has 9 heteroatoms. The van der Waals surface area contributed by atoms with Gasteiger partial charge >= 0.3 is 7.82 Å². The van der Waals surface area contributed by atoms with Crippen LogP contribution in [0.4, 0.5) is 0 Å². The number of hydrogen-bond donors (Lipinski definition) is 3. The van der Waals surface area contributed by atoms with Crippen molar-refractivity contribution in [2.24, 2.45) is 0 Å². The summed E-state index contributed by atoms with van der Waals surface area (Å²) in [6, 6.07) is -0.860. The second-order valence-corrected chi connectivity index (χ2v) is 15.1. The molecular formula is C36H72N2O6P+. The van der Waals surface area contributed by atoms with Gasteiger partial charge in [-0.3, -0.25) is 13.8 Å². The Labute approximate surface area is 277 Å². The van der Waals surface area contributed by atoms with Crippen LogP contribution in [0.2, 0.25) is 0 Å². The van der Waals surface area contributed by atoms with Gasteiger partial charge in [0.05, 0.1) is 39.9 Å². The van der Waals surface area contributed by atoms with Crippen LogP contribution in [0.15, 0.2) is 24.3 Å². The topological polar surface area (TPSA) is 105 Å². The minimum atomic E-state index is -4.29. The Kier molecular flexibility index (Phi) is 28.5. The van der Waals surface area contributed by atoms with Gasteiger partial charge in [-0.1, -0.05) is 140 Å². The number of carbonyl (C=O) groups excluding carboxylic acids is 1. The van der Waals surface area contributed by atoms with Crippen molar-refractivity contribution >= 4 is 13.7 Å². The van der Waals surface area contributed by atoms with Gasteiger partial charge in [-0.05, 0) is 25.7 Å². The van der Waals surface area contributed by atoms with E-state index in [4.69, 9.17) is 9.05 Å². The molecule has 0 bridgehead atoms. The van der Waals surface area contributed by atoms with E-state index in [0.29, 0.717) is 11.0 Å². The highest BCUT2D eigenvalue weighted by Gasteiger charge is 2.27. The van der Waals surface area contributed by atoms with Crippen LogP contribution in [-0.4, -0.2) is 73.4 Å². The first-order chi connectivity index (χ1) is 21.5. The molecule has 8 nitrogen and oxygen atoms in total. The summed E-state index contributed by atoms with van der Waals surface area (Å²) in [5.41, 5.74) is 0. The van der Waals surface area contributed by atoms with Crippen molar-refractivity contribution in [3.05, 3.63) is 24.3 Å². The van der Waals surface area contributed by atoms with Gasteiger partial charge in [0.2, 0.25) is 5.91 Å². The van der Waals surface area contributed by atoms with Crippen molar-refractivity contribution in [3.8, 4) is 0 Å². The lowest BCUT2D eigenvalue weighted by Gasteiger charge is -2.25. The van der Waals surface area contributed by atoms with E-state index >= 15 is 0 Å². The number of hydrogen-bond acceptors (Lipinski definition) is 5. The molecule has 3 unspecified atom stereocenters. The number of amides is 1. The van der Waals surface area contributed by atoms with Gasteiger partial charge in [0.1, 0.15) is 13.2 Å². The molecule has 1 amide bonds. The maximum absolute atomic E-state index is 12.2. The average Bonchev–Trinajstić information content (AvgIpc) is 2.96. The van der Waals surface area contributed by atoms with Crippen molar-refractivity contribution in [1.82, 2.24) is 5.32 Å². The monoisotopic (exact) mass is 660 g/mol. The fraction of sp³-hybridized carbons (Fsp3) is 0.861. The van der Waals surface area contributed by atoms with Gasteiger partial charge < -0.3 is 19.8 Å². The number of quaternary nitrogens is 1. The second-order valence-electron chi connectivity index (χ2n) is 13.7. The number of phosphoric acid groups is 1. The lowest BCUT2D eigenvalue weighted by atomic mass is 10.0. The predicted octanol–water partition coefficient (Wildman–Crippen LogP) is 9.02. The molecule has 0 saturated carbocycles. The standard InChI is InChI=1S/C36H71N2O6P/c1-6-7-8-9-10-11-12-13-14-15-16-17-18-19-20-21-22-23-24-25-26-27-28-29-30-36(40)35(37-34(2)39)33-44-45(41,42)43-32-31-38(3,4)5/h25-26,29-30,35-36,40H,6-24,27-28,31-33H2,1-5H3,(H-,37,39,41,42)/p+1/b26-25+,30-29+. The summed E-state index contributed by atoms with van der Waals surface area (Å²) < 4.78 is 22.8. The minimum absolute atomic E-state index is 0.0532. The van der Waals surface area contributed by atoms with Crippen molar-refractivity contribution in [1.29, 1.82) is 0 Å². The molecule has 0 radical (unpaired) electrons. The van der Waals surface area contributed by atoms with Crippen molar-refractivity contribution in [3.63, 3.8) is 0 Å². The molecular weight excluding hydrogens is 587 g/mol. The first-order valence-electron chi connectivity index (χ1n) is 18.2. The molecule has 0 spiro atoms. The highest BCUT2D eigenvalue weighted by molar-refractivity contribution is 7.47. The van der Waals surface area contributed by atoms with E-state index in [1.54, 1.807) is 6.08 Å². The molecule has 0 heterocycles. The van der Waals surface area contributed by atoms with Crippen LogP contribution in [0.5, 0.6) is 0 Å². The van der Waals surface area contributed by atoms with Crippen molar-refractivity contribution in [2.45, 2.75) is 161 Å². The quantitative estimate of drug-likeness (QED) is 0.0288. The summed E-state index contributed by atoms with van der Waals surface area (Å²) in [4.78, 5) is 21.5. The minimum Gasteiger partial charge on any atom is -0.387 e. The highest BCUT2D eigenvalue weighted by atomic mass is 31.2. The summed E-state index contributed by atoms with van der Waals surface area (Å²) in [5.74, 6) is -0.364. The third-order valence-electron chi connectivity index (χ3n) is 7.96. The molecule has 3 N–H and O–H groups in total. The van der Waals surface area contributed by atoms with Crippen LogP contribution in [0, 0.1) is 0 Å². The summed E-state index contributed by atoms with van der Waals surface area (Å²) >= 11 is 0. The van der Waals surface area contributed by atoms with E-state index in [1.807, 2.05) is 27.2 Å². The van der Waals surface area contributed by atoms with Gasteiger partial charge in [0, 0.05) is 6.92 Å². The maximum atomic E-state index is 12.2. The Morgan fingerprint density at radius 1 is 0.733 bits per heavy atom. The Hall–Kier alpha value is -1.02. The second kappa shape index (κ2) is 29.1. The molecule has 45 heavy (non-hydrogen) atoms. The maximum Gasteiger partial charge on any atom is 0.472 e. The van der Waals surface area contributed by atoms with E-state index in [-0.39, 0.29) is 19.1 Å². The fourth-order valence-electron chi connectivity index (χ4n) is 5.09. The number of phosphoric ester groups is 1. The molecule has 0 fully saturated rings. The third-order valence-corrected chi connectivity index (χ3v) is 8.94. The third kappa shape index (κ3) is 32.7. The Morgan fingerprint density at radius 3 is 1.64 bits per heavy atom. The first kappa shape index (κ1) is 44.0. The number of aliphatic hydroxyl groups is 1. The number of aliphatic hydroxyl groups excluding tert-OH is 1. The van der Waals surface area contributed by atoms with Crippen LogP contribution in [0.3, 0.4) is 0 Å². The van der Waals surface area contributed by atoms with Crippen LogP contribution in [-0.2, 0) is 18.4 Å². The normalized spacial score (nSPS) is 15.1. The van der Waals surface area contributed by atoms with Crippen molar-refractivity contribution in [2.75, 3.05) is 40.9 Å². The Morgan fingerprint density at radius 2 is 1.18 bits per heavy atom. The summed E-state index contributed by atoms with van der Waals surface area (Å²) in [6.45, 7) is 3.85. The van der Waals surface area contributed by atoms with Gasteiger partial charge in [-0.25, -0.2) is 4.57 Å². The zero-order valence-electron chi connectivity index (χ0n) is 29.9. The zero-order chi connectivity index (χ0) is 33.7. The molecule has 0 aromatic carbocycles. The van der Waals surface area contributed by atoms with E-state index < -0.39 is 20.0 Å². The molecule has 266 valence electrons. The largest absolute Gasteiger partial charge is 0.472 e. The zero-order valence-corrected chi connectivity index (χ0v) is 30.8. The van der Waals surface area contributed by atoms with E-state index in [2.05, 4.69) is 24.4 Å². The van der Waals surface area contributed by atoms with E-state index in [1.165, 1.54) is 122 Å². The smallest absolute Gasteiger partial charge is 0.387 e. The summed E-state index contributed by atoms with van der Waals surface area (Å²) in [7, 11) is 1.54. The SMILES string of the molecule is CCCCCCCCCCCCCCCCCCCC/C=C/CC/C=C/C(O)C(COP(=O)(O)OCC[N+](C)(C)C)NC(C)=O. The van der Waals surface area contributed by atoms with Gasteiger partial charge in [-0.2, -0.15) is 0 Å². The molecule has 0 aliphatic heterocycles. The predicted molar refractivity (Wildman–Crippen MR) is 189 cm³/mol. The van der Waals surface area contributed by atoms with Crippen molar-refractivity contribution < 1.29 is 32.9 Å². The lowest BCUT2D eigenvalue weighted by molar-refractivity contribution is -0.870. The highest BCUT2D eigenvalue weighted by Crippen LogP contribution is 2.43. The molecule has 0 aliphatic carbocycles. The van der Waals surface area contributed by atoms with Gasteiger partial charge in [-0.15, -0.1) is 0 Å². The number of rotatable bonds is 32. The molecule has 0 aliphatic rings. The molecule has 0 saturated heterocycles. The number of nitrogens with one attached hydrogen (secondary N) is 1.